The molecule has 4 nitrogen and oxygen atoms in total. The molecule has 0 aromatic heterocycles. The molecule has 2 amide bonds. The van der Waals surface area contributed by atoms with E-state index in [1.807, 2.05) is 6.92 Å². The number of hydrogen-bond donors (Lipinski definition) is 3. The maximum atomic E-state index is 12.1. The molecule has 20 heavy (non-hydrogen) atoms. The van der Waals surface area contributed by atoms with Crippen LogP contribution in [-0.2, 0) is 0 Å². The second kappa shape index (κ2) is 5.55. The summed E-state index contributed by atoms with van der Waals surface area (Å²) >= 11 is 0. The third kappa shape index (κ3) is 2.54. The van der Waals surface area contributed by atoms with Crippen LogP contribution in [0, 0.1) is 16.7 Å². The van der Waals surface area contributed by atoms with Gasteiger partial charge in [-0.3, -0.25) is 0 Å². The lowest BCUT2D eigenvalue weighted by Gasteiger charge is -2.39. The molecule has 2 rings (SSSR count). The smallest absolute Gasteiger partial charge is 0.315 e. The summed E-state index contributed by atoms with van der Waals surface area (Å²) in [5.74, 6) is 0.740. The van der Waals surface area contributed by atoms with Crippen molar-refractivity contribution in [1.29, 1.82) is 0 Å². The Hall–Kier alpha value is -0.770. The van der Waals surface area contributed by atoms with Gasteiger partial charge in [0.25, 0.3) is 0 Å². The van der Waals surface area contributed by atoms with Gasteiger partial charge in [-0.2, -0.15) is 0 Å². The highest BCUT2D eigenvalue weighted by atomic mass is 16.3. The molecule has 0 aromatic carbocycles. The zero-order valence-electron chi connectivity index (χ0n) is 13.3. The predicted octanol–water partition coefficient (Wildman–Crippen LogP) is 2.66. The summed E-state index contributed by atoms with van der Waals surface area (Å²) in [7, 11) is 0. The van der Waals surface area contributed by atoms with Crippen molar-refractivity contribution >= 4 is 6.03 Å². The number of hydrogen-bond acceptors (Lipinski definition) is 2. The zero-order chi connectivity index (χ0) is 15.0. The van der Waals surface area contributed by atoms with E-state index in [0.29, 0.717) is 11.5 Å². The zero-order valence-corrected chi connectivity index (χ0v) is 13.3. The van der Waals surface area contributed by atoms with Crippen molar-refractivity contribution in [3.8, 4) is 0 Å². The number of rotatable bonds is 5. The maximum Gasteiger partial charge on any atom is 0.315 e. The van der Waals surface area contributed by atoms with Gasteiger partial charge < -0.3 is 15.7 Å². The summed E-state index contributed by atoms with van der Waals surface area (Å²) in [6.07, 6.45) is 5.19. The molecular weight excluding hydrogens is 252 g/mol. The highest BCUT2D eigenvalue weighted by Gasteiger charge is 2.61. The second-order valence-corrected chi connectivity index (χ2v) is 7.55. The maximum absolute atomic E-state index is 12.1. The third-order valence-electron chi connectivity index (χ3n) is 6.27. The van der Waals surface area contributed by atoms with E-state index in [1.54, 1.807) is 0 Å². The fourth-order valence-corrected chi connectivity index (χ4v) is 4.32. The molecule has 2 aliphatic rings. The number of carbonyl (C=O) groups excluding carboxylic acids is 1. The Bertz CT molecular complexity index is 369. The highest BCUT2D eigenvalue weighted by molar-refractivity contribution is 5.74. The number of urea groups is 1. The normalized spacial score (nSPS) is 35.9. The van der Waals surface area contributed by atoms with Gasteiger partial charge in [0, 0.05) is 18.7 Å². The van der Waals surface area contributed by atoms with Gasteiger partial charge in [0.15, 0.2) is 0 Å². The minimum Gasteiger partial charge on any atom is -0.396 e. The van der Waals surface area contributed by atoms with Crippen LogP contribution in [-0.4, -0.2) is 29.8 Å². The molecule has 0 aliphatic heterocycles. The van der Waals surface area contributed by atoms with Gasteiger partial charge in [0.2, 0.25) is 0 Å². The van der Waals surface area contributed by atoms with E-state index in [0.717, 1.165) is 25.2 Å². The average molecular weight is 282 g/mol. The largest absolute Gasteiger partial charge is 0.396 e. The van der Waals surface area contributed by atoms with Gasteiger partial charge in [0.05, 0.1) is 0 Å². The number of amides is 2. The first kappa shape index (κ1) is 15.6. The molecule has 0 radical (unpaired) electrons. The van der Waals surface area contributed by atoms with Crippen LogP contribution >= 0.6 is 0 Å². The van der Waals surface area contributed by atoms with E-state index in [2.05, 4.69) is 31.4 Å². The van der Waals surface area contributed by atoms with Crippen LogP contribution in [0.5, 0.6) is 0 Å². The molecule has 116 valence electrons. The standard InChI is InChI=1S/C16H30N2O2/c1-11(6-5-9-19)17-14(20)18-13-10-12-7-8-16(13,4)15(12,2)3/h11-13,19H,5-10H2,1-4H3,(H2,17,18,20). The molecular formula is C16H30N2O2. The van der Waals surface area contributed by atoms with Crippen LogP contribution in [0.4, 0.5) is 4.79 Å². The Morgan fingerprint density at radius 2 is 2.10 bits per heavy atom. The van der Waals surface area contributed by atoms with Crippen molar-refractivity contribution in [2.24, 2.45) is 16.7 Å². The molecule has 4 unspecified atom stereocenters. The van der Waals surface area contributed by atoms with Gasteiger partial charge in [-0.1, -0.05) is 20.8 Å². The van der Waals surface area contributed by atoms with Gasteiger partial charge >= 0.3 is 6.03 Å². The molecule has 0 saturated heterocycles. The SMILES string of the molecule is CC(CCCO)NC(=O)NC1CC2CCC1(C)C2(C)C. The fraction of sp³-hybridized carbons (Fsp3) is 0.938. The van der Waals surface area contributed by atoms with E-state index in [9.17, 15) is 4.79 Å². The molecule has 0 aromatic rings. The number of nitrogens with one attached hydrogen (secondary N) is 2. The average Bonchev–Trinajstić information content (AvgIpc) is 2.69. The molecule has 4 atom stereocenters. The van der Waals surface area contributed by atoms with Crippen molar-refractivity contribution in [1.82, 2.24) is 10.6 Å². The highest BCUT2D eigenvalue weighted by Crippen LogP contribution is 2.65. The van der Waals surface area contributed by atoms with Gasteiger partial charge in [0.1, 0.15) is 0 Å². The third-order valence-corrected chi connectivity index (χ3v) is 6.27. The first-order valence-electron chi connectivity index (χ1n) is 7.99. The van der Waals surface area contributed by atoms with Crippen molar-refractivity contribution in [3.63, 3.8) is 0 Å². The van der Waals surface area contributed by atoms with Crippen LogP contribution in [0.2, 0.25) is 0 Å². The molecule has 2 bridgehead atoms. The van der Waals surface area contributed by atoms with Gasteiger partial charge in [-0.15, -0.1) is 0 Å². The van der Waals surface area contributed by atoms with E-state index in [-0.39, 0.29) is 24.1 Å². The van der Waals surface area contributed by atoms with Crippen molar-refractivity contribution in [2.75, 3.05) is 6.61 Å². The Morgan fingerprint density at radius 1 is 1.40 bits per heavy atom. The lowest BCUT2D eigenvalue weighted by Crippen LogP contribution is -2.51. The van der Waals surface area contributed by atoms with Crippen molar-refractivity contribution in [2.45, 2.75) is 71.9 Å². The summed E-state index contributed by atoms with van der Waals surface area (Å²) in [5, 5.41) is 15.0. The fourth-order valence-electron chi connectivity index (χ4n) is 4.32. The Morgan fingerprint density at radius 3 is 2.60 bits per heavy atom. The minimum absolute atomic E-state index is 0.0509. The predicted molar refractivity (Wildman–Crippen MR) is 80.5 cm³/mol. The molecule has 4 heteroatoms. The lowest BCUT2D eigenvalue weighted by atomic mass is 9.69. The molecule has 2 fully saturated rings. The minimum atomic E-state index is -0.0509. The Labute approximate surface area is 122 Å². The van der Waals surface area contributed by atoms with Crippen molar-refractivity contribution in [3.05, 3.63) is 0 Å². The first-order valence-corrected chi connectivity index (χ1v) is 7.99. The molecule has 0 heterocycles. The first-order chi connectivity index (χ1) is 9.31. The number of fused-ring (bicyclic) bond motifs is 2. The summed E-state index contributed by atoms with van der Waals surface area (Å²) < 4.78 is 0. The van der Waals surface area contributed by atoms with E-state index in [1.165, 1.54) is 12.8 Å². The van der Waals surface area contributed by atoms with E-state index in [4.69, 9.17) is 5.11 Å². The summed E-state index contributed by atoms with van der Waals surface area (Å²) in [6, 6.07) is 0.355. The van der Waals surface area contributed by atoms with Crippen LogP contribution in [0.15, 0.2) is 0 Å². The molecule has 2 aliphatic carbocycles. The van der Waals surface area contributed by atoms with Crippen LogP contribution < -0.4 is 10.6 Å². The number of aliphatic hydroxyl groups is 1. The summed E-state index contributed by atoms with van der Waals surface area (Å²) in [6.45, 7) is 9.22. The topological polar surface area (TPSA) is 61.4 Å². The van der Waals surface area contributed by atoms with Crippen LogP contribution in [0.25, 0.3) is 0 Å². The molecule has 3 N–H and O–H groups in total. The van der Waals surface area contributed by atoms with E-state index >= 15 is 0 Å². The second-order valence-electron chi connectivity index (χ2n) is 7.55. The monoisotopic (exact) mass is 282 g/mol. The summed E-state index contributed by atoms with van der Waals surface area (Å²) in [4.78, 5) is 12.1. The van der Waals surface area contributed by atoms with Gasteiger partial charge in [-0.25, -0.2) is 4.79 Å². The summed E-state index contributed by atoms with van der Waals surface area (Å²) in [5.41, 5.74) is 0.552. The van der Waals surface area contributed by atoms with Crippen molar-refractivity contribution < 1.29 is 9.90 Å². The quantitative estimate of drug-likeness (QED) is 0.726. The molecule has 2 saturated carbocycles. The molecule has 0 spiro atoms. The number of aliphatic hydroxyl groups excluding tert-OH is 1. The van der Waals surface area contributed by atoms with Gasteiger partial charge in [-0.05, 0) is 55.8 Å². The van der Waals surface area contributed by atoms with Crippen LogP contribution in [0.1, 0.15) is 59.8 Å². The lowest BCUT2D eigenvalue weighted by molar-refractivity contribution is 0.123. The van der Waals surface area contributed by atoms with E-state index < -0.39 is 0 Å². The van der Waals surface area contributed by atoms with Crippen LogP contribution in [0.3, 0.4) is 0 Å². The Balaban J connectivity index is 1.87. The number of carbonyl (C=O) groups is 1. The Kier molecular flexibility index (Phi) is 4.33.